The van der Waals surface area contributed by atoms with Gasteiger partial charge in [0.05, 0.1) is 13.2 Å². The Labute approximate surface area is 75.5 Å². The van der Waals surface area contributed by atoms with Crippen molar-refractivity contribution in [2.45, 2.75) is 45.6 Å². The highest BCUT2D eigenvalue weighted by Crippen LogP contribution is 2.36. The predicted octanol–water partition coefficient (Wildman–Crippen LogP) is 1.93. The first-order chi connectivity index (χ1) is 5.68. The van der Waals surface area contributed by atoms with Crippen molar-refractivity contribution in [3.63, 3.8) is 0 Å². The summed E-state index contributed by atoms with van der Waals surface area (Å²) in [4.78, 5) is 0. The molecule has 0 aromatic heterocycles. The lowest BCUT2D eigenvalue weighted by Gasteiger charge is -2.41. The quantitative estimate of drug-likeness (QED) is 0.686. The predicted molar refractivity (Wildman–Crippen MR) is 51.0 cm³/mol. The summed E-state index contributed by atoms with van der Waals surface area (Å²) in [6.07, 6.45) is 4.97. The minimum Gasteiger partial charge on any atom is -0.380 e. The minimum absolute atomic E-state index is 0.361. The van der Waals surface area contributed by atoms with Crippen LogP contribution in [-0.2, 0) is 4.74 Å². The molecule has 1 rings (SSSR count). The molecular formula is C10H21NO. The molecule has 2 N–H and O–H groups in total. The molecule has 1 heterocycles. The van der Waals surface area contributed by atoms with Gasteiger partial charge in [-0.2, -0.15) is 0 Å². The molecule has 0 radical (unpaired) electrons. The molecule has 0 aromatic carbocycles. The van der Waals surface area contributed by atoms with Gasteiger partial charge in [-0.1, -0.05) is 13.3 Å². The fourth-order valence-electron chi connectivity index (χ4n) is 1.72. The Morgan fingerprint density at radius 1 is 1.50 bits per heavy atom. The van der Waals surface area contributed by atoms with Crippen LogP contribution in [0.25, 0.3) is 0 Å². The Bertz CT molecular complexity index is 124. The topological polar surface area (TPSA) is 35.2 Å². The molecule has 2 heteroatoms. The van der Waals surface area contributed by atoms with Gasteiger partial charge >= 0.3 is 0 Å². The molecule has 0 aromatic rings. The standard InChI is InChI=1S/C10H21NO/c1-3-10(7-12-8-10)6-4-5-9(2)11/h9H,3-8,11H2,1-2H3. The van der Waals surface area contributed by atoms with E-state index in [9.17, 15) is 0 Å². The largest absolute Gasteiger partial charge is 0.380 e. The van der Waals surface area contributed by atoms with Crippen molar-refractivity contribution in [1.82, 2.24) is 0 Å². The van der Waals surface area contributed by atoms with E-state index in [2.05, 4.69) is 13.8 Å². The summed E-state index contributed by atoms with van der Waals surface area (Å²) < 4.78 is 5.26. The van der Waals surface area contributed by atoms with Crippen molar-refractivity contribution in [2.75, 3.05) is 13.2 Å². The Morgan fingerprint density at radius 3 is 2.50 bits per heavy atom. The number of ether oxygens (including phenoxy) is 1. The molecule has 1 unspecified atom stereocenters. The lowest BCUT2D eigenvalue weighted by molar-refractivity contribution is -0.120. The zero-order chi connectivity index (χ0) is 9.03. The summed E-state index contributed by atoms with van der Waals surface area (Å²) in [7, 11) is 0. The zero-order valence-corrected chi connectivity index (χ0v) is 8.31. The Morgan fingerprint density at radius 2 is 2.17 bits per heavy atom. The van der Waals surface area contributed by atoms with Gasteiger partial charge < -0.3 is 10.5 Å². The van der Waals surface area contributed by atoms with E-state index in [4.69, 9.17) is 10.5 Å². The molecule has 0 aliphatic carbocycles. The molecule has 0 amide bonds. The molecule has 12 heavy (non-hydrogen) atoms. The average molecular weight is 171 g/mol. The summed E-state index contributed by atoms with van der Waals surface area (Å²) in [5.74, 6) is 0. The molecular weight excluding hydrogens is 150 g/mol. The highest BCUT2D eigenvalue weighted by Gasteiger charge is 2.35. The highest BCUT2D eigenvalue weighted by molar-refractivity contribution is 4.84. The van der Waals surface area contributed by atoms with Crippen LogP contribution in [-0.4, -0.2) is 19.3 Å². The van der Waals surface area contributed by atoms with Crippen molar-refractivity contribution in [3.8, 4) is 0 Å². The van der Waals surface area contributed by atoms with Gasteiger partial charge in [0.1, 0.15) is 0 Å². The second-order valence-corrected chi connectivity index (χ2v) is 4.22. The first kappa shape index (κ1) is 10.0. The minimum atomic E-state index is 0.361. The number of hydrogen-bond acceptors (Lipinski definition) is 2. The zero-order valence-electron chi connectivity index (χ0n) is 8.31. The van der Waals surface area contributed by atoms with Crippen molar-refractivity contribution < 1.29 is 4.74 Å². The fourth-order valence-corrected chi connectivity index (χ4v) is 1.72. The summed E-state index contributed by atoms with van der Waals surface area (Å²) >= 11 is 0. The molecule has 1 aliphatic heterocycles. The van der Waals surface area contributed by atoms with Gasteiger partial charge in [-0.15, -0.1) is 0 Å². The molecule has 72 valence electrons. The third-order valence-electron chi connectivity index (χ3n) is 2.93. The second-order valence-electron chi connectivity index (χ2n) is 4.22. The third-order valence-corrected chi connectivity index (χ3v) is 2.93. The maximum absolute atomic E-state index is 5.69. The lowest BCUT2D eigenvalue weighted by Crippen LogP contribution is -2.42. The lowest BCUT2D eigenvalue weighted by atomic mass is 9.78. The maximum Gasteiger partial charge on any atom is 0.0544 e. The molecule has 0 spiro atoms. The van der Waals surface area contributed by atoms with Gasteiger partial charge in [-0.05, 0) is 26.2 Å². The van der Waals surface area contributed by atoms with E-state index in [1.165, 1.54) is 19.3 Å². The third kappa shape index (κ3) is 2.46. The van der Waals surface area contributed by atoms with Gasteiger partial charge in [0.15, 0.2) is 0 Å². The number of hydrogen-bond donors (Lipinski definition) is 1. The molecule has 0 saturated carbocycles. The van der Waals surface area contributed by atoms with E-state index in [0.717, 1.165) is 19.6 Å². The van der Waals surface area contributed by atoms with Gasteiger partial charge in [0.2, 0.25) is 0 Å². The Hall–Kier alpha value is -0.0800. The summed E-state index contributed by atoms with van der Waals surface area (Å²) in [5, 5.41) is 0. The Kier molecular flexibility index (Phi) is 3.53. The average Bonchev–Trinajstić information content (AvgIpc) is 1.94. The maximum atomic E-state index is 5.69. The smallest absolute Gasteiger partial charge is 0.0544 e. The summed E-state index contributed by atoms with van der Waals surface area (Å²) in [5.41, 5.74) is 6.21. The summed E-state index contributed by atoms with van der Waals surface area (Å²) in [6, 6.07) is 0.361. The molecule has 1 fully saturated rings. The SMILES string of the molecule is CCC1(CCCC(C)N)COC1. The van der Waals surface area contributed by atoms with Crippen LogP contribution in [0.3, 0.4) is 0 Å². The van der Waals surface area contributed by atoms with Gasteiger partial charge in [-0.25, -0.2) is 0 Å². The van der Waals surface area contributed by atoms with Crippen LogP contribution in [0.5, 0.6) is 0 Å². The van der Waals surface area contributed by atoms with E-state index in [1.807, 2.05) is 0 Å². The fraction of sp³-hybridized carbons (Fsp3) is 1.00. The van der Waals surface area contributed by atoms with Gasteiger partial charge in [0, 0.05) is 11.5 Å². The van der Waals surface area contributed by atoms with Crippen molar-refractivity contribution in [3.05, 3.63) is 0 Å². The second kappa shape index (κ2) is 4.24. The number of rotatable bonds is 5. The van der Waals surface area contributed by atoms with Gasteiger partial charge in [0.25, 0.3) is 0 Å². The number of nitrogens with two attached hydrogens (primary N) is 1. The van der Waals surface area contributed by atoms with Crippen molar-refractivity contribution in [2.24, 2.45) is 11.1 Å². The van der Waals surface area contributed by atoms with Crippen LogP contribution in [0.4, 0.5) is 0 Å². The van der Waals surface area contributed by atoms with Crippen LogP contribution < -0.4 is 5.73 Å². The normalized spacial score (nSPS) is 23.2. The van der Waals surface area contributed by atoms with Crippen molar-refractivity contribution >= 4 is 0 Å². The van der Waals surface area contributed by atoms with E-state index in [0.29, 0.717) is 11.5 Å². The first-order valence-corrected chi connectivity index (χ1v) is 5.02. The van der Waals surface area contributed by atoms with Crippen LogP contribution in [0.1, 0.15) is 39.5 Å². The van der Waals surface area contributed by atoms with Crippen LogP contribution in [0.15, 0.2) is 0 Å². The molecule has 1 aliphatic rings. The molecule has 2 nitrogen and oxygen atoms in total. The molecule has 1 atom stereocenters. The van der Waals surface area contributed by atoms with Crippen molar-refractivity contribution in [1.29, 1.82) is 0 Å². The Balaban J connectivity index is 2.12. The van der Waals surface area contributed by atoms with E-state index >= 15 is 0 Å². The van der Waals surface area contributed by atoms with E-state index in [1.54, 1.807) is 0 Å². The monoisotopic (exact) mass is 171 g/mol. The van der Waals surface area contributed by atoms with E-state index < -0.39 is 0 Å². The van der Waals surface area contributed by atoms with Gasteiger partial charge in [-0.3, -0.25) is 0 Å². The highest BCUT2D eigenvalue weighted by atomic mass is 16.5. The molecule has 1 saturated heterocycles. The van der Waals surface area contributed by atoms with Crippen LogP contribution >= 0.6 is 0 Å². The first-order valence-electron chi connectivity index (χ1n) is 5.02. The van der Waals surface area contributed by atoms with Crippen LogP contribution in [0.2, 0.25) is 0 Å². The summed E-state index contributed by atoms with van der Waals surface area (Å²) in [6.45, 7) is 6.29. The van der Waals surface area contributed by atoms with Crippen LogP contribution in [0, 0.1) is 5.41 Å². The van der Waals surface area contributed by atoms with E-state index in [-0.39, 0.29) is 0 Å². The molecule has 0 bridgehead atoms.